The summed E-state index contributed by atoms with van der Waals surface area (Å²) in [6.45, 7) is 2.39. The predicted octanol–water partition coefficient (Wildman–Crippen LogP) is 3.94. The first-order valence-electron chi connectivity index (χ1n) is 8.93. The minimum Gasteiger partial charge on any atom is -0.354 e. The smallest absolute Gasteiger partial charge is 0.191 e. The highest BCUT2D eigenvalue weighted by molar-refractivity contribution is 14.0. The van der Waals surface area contributed by atoms with Crippen LogP contribution in [0.1, 0.15) is 43.5 Å². The first-order chi connectivity index (χ1) is 12.2. The highest BCUT2D eigenvalue weighted by Crippen LogP contribution is 2.18. The molecule has 142 valence electrons. The highest BCUT2D eigenvalue weighted by atomic mass is 127. The van der Waals surface area contributed by atoms with Gasteiger partial charge < -0.3 is 15.2 Å². The van der Waals surface area contributed by atoms with Gasteiger partial charge >= 0.3 is 0 Å². The third-order valence-corrected chi connectivity index (χ3v) is 4.73. The van der Waals surface area contributed by atoms with Crippen LogP contribution < -0.4 is 10.6 Å². The molecule has 1 fully saturated rings. The number of rotatable bonds is 4. The van der Waals surface area contributed by atoms with Crippen molar-refractivity contribution in [3.8, 4) is 5.69 Å². The Balaban J connectivity index is 0.00000243. The second-order valence-electron chi connectivity index (χ2n) is 6.54. The van der Waals surface area contributed by atoms with Gasteiger partial charge in [-0.15, -0.1) is 24.0 Å². The van der Waals surface area contributed by atoms with Crippen molar-refractivity contribution in [1.29, 1.82) is 0 Å². The molecule has 5 nitrogen and oxygen atoms in total. The molecular weight excluding hydrogens is 444 g/mol. The van der Waals surface area contributed by atoms with E-state index in [2.05, 4.69) is 20.6 Å². The van der Waals surface area contributed by atoms with E-state index in [1.807, 2.05) is 13.0 Å². The van der Waals surface area contributed by atoms with E-state index in [0.717, 1.165) is 17.3 Å². The van der Waals surface area contributed by atoms with E-state index in [-0.39, 0.29) is 29.8 Å². The van der Waals surface area contributed by atoms with Gasteiger partial charge in [0, 0.05) is 32.0 Å². The van der Waals surface area contributed by atoms with Crippen LogP contribution >= 0.6 is 24.0 Å². The van der Waals surface area contributed by atoms with Crippen molar-refractivity contribution in [2.45, 2.75) is 51.6 Å². The Hall–Kier alpha value is -1.64. The number of halogens is 2. The molecule has 0 aliphatic heterocycles. The van der Waals surface area contributed by atoms with Gasteiger partial charge in [0.2, 0.25) is 0 Å². The maximum Gasteiger partial charge on any atom is 0.191 e. The molecule has 1 aliphatic carbocycles. The van der Waals surface area contributed by atoms with Gasteiger partial charge in [-0.3, -0.25) is 4.99 Å². The average Bonchev–Trinajstić information content (AvgIpc) is 3.05. The summed E-state index contributed by atoms with van der Waals surface area (Å²) >= 11 is 0. The number of nitrogens with zero attached hydrogens (tertiary/aromatic N) is 3. The SMILES string of the molecule is CN=C(NCc1ccc(-n2ccnc2C)c(F)c1)NC1CCCCC1.I. The summed E-state index contributed by atoms with van der Waals surface area (Å²) in [5, 5.41) is 6.74. The molecule has 0 unspecified atom stereocenters. The van der Waals surface area contributed by atoms with Crippen molar-refractivity contribution < 1.29 is 4.39 Å². The normalized spacial score (nSPS) is 15.4. The third kappa shape index (κ3) is 5.18. The molecule has 0 amide bonds. The average molecular weight is 471 g/mol. The first-order valence-corrected chi connectivity index (χ1v) is 8.93. The van der Waals surface area contributed by atoms with Crippen LogP contribution in [0, 0.1) is 12.7 Å². The van der Waals surface area contributed by atoms with E-state index in [0.29, 0.717) is 18.3 Å². The van der Waals surface area contributed by atoms with E-state index in [9.17, 15) is 4.39 Å². The Morgan fingerprint density at radius 2 is 2.08 bits per heavy atom. The van der Waals surface area contributed by atoms with Gasteiger partial charge in [-0.05, 0) is 37.5 Å². The summed E-state index contributed by atoms with van der Waals surface area (Å²) in [6.07, 6.45) is 9.69. The molecule has 0 bridgehead atoms. The van der Waals surface area contributed by atoms with Gasteiger partial charge in [-0.1, -0.05) is 25.3 Å². The number of aromatic nitrogens is 2. The van der Waals surface area contributed by atoms with Crippen molar-refractivity contribution in [3.63, 3.8) is 0 Å². The second kappa shape index (κ2) is 9.89. The van der Waals surface area contributed by atoms with E-state index >= 15 is 0 Å². The van der Waals surface area contributed by atoms with E-state index in [1.165, 1.54) is 32.1 Å². The van der Waals surface area contributed by atoms with Crippen molar-refractivity contribution in [1.82, 2.24) is 20.2 Å². The first kappa shape index (κ1) is 20.7. The largest absolute Gasteiger partial charge is 0.354 e. The van der Waals surface area contributed by atoms with Crippen LogP contribution in [0.25, 0.3) is 5.69 Å². The van der Waals surface area contributed by atoms with Crippen molar-refractivity contribution >= 4 is 29.9 Å². The van der Waals surface area contributed by atoms with E-state index < -0.39 is 0 Å². The van der Waals surface area contributed by atoms with Gasteiger partial charge in [0.1, 0.15) is 11.6 Å². The topological polar surface area (TPSA) is 54.2 Å². The number of nitrogens with one attached hydrogen (secondary N) is 2. The zero-order valence-electron chi connectivity index (χ0n) is 15.3. The molecule has 1 aromatic heterocycles. The van der Waals surface area contributed by atoms with Crippen molar-refractivity contribution in [2.24, 2.45) is 4.99 Å². The Morgan fingerprint density at radius 1 is 1.31 bits per heavy atom. The van der Waals surface area contributed by atoms with Gasteiger partial charge in [0.05, 0.1) is 5.69 Å². The van der Waals surface area contributed by atoms with Crippen LogP contribution in [0.15, 0.2) is 35.6 Å². The summed E-state index contributed by atoms with van der Waals surface area (Å²) in [5.41, 5.74) is 1.40. The number of benzene rings is 1. The number of guanidine groups is 1. The van der Waals surface area contributed by atoms with Gasteiger partial charge in [0.15, 0.2) is 5.96 Å². The zero-order chi connectivity index (χ0) is 17.6. The molecule has 0 atom stereocenters. The monoisotopic (exact) mass is 471 g/mol. The number of hydrogen-bond acceptors (Lipinski definition) is 2. The molecule has 0 spiro atoms. The highest BCUT2D eigenvalue weighted by Gasteiger charge is 2.14. The fraction of sp³-hybridized carbons (Fsp3) is 0.474. The summed E-state index contributed by atoms with van der Waals surface area (Å²) in [6, 6.07) is 5.77. The molecule has 0 saturated heterocycles. The maximum atomic E-state index is 14.5. The maximum absolute atomic E-state index is 14.5. The minimum atomic E-state index is -0.254. The molecule has 26 heavy (non-hydrogen) atoms. The predicted molar refractivity (Wildman–Crippen MR) is 114 cm³/mol. The van der Waals surface area contributed by atoms with Crippen LogP contribution in [-0.4, -0.2) is 28.6 Å². The molecule has 7 heteroatoms. The molecule has 0 radical (unpaired) electrons. The van der Waals surface area contributed by atoms with Gasteiger partial charge in [-0.25, -0.2) is 9.37 Å². The van der Waals surface area contributed by atoms with Gasteiger partial charge in [0.25, 0.3) is 0 Å². The molecule has 1 saturated carbocycles. The lowest BCUT2D eigenvalue weighted by molar-refractivity contribution is 0.410. The van der Waals surface area contributed by atoms with Crippen LogP contribution in [0.3, 0.4) is 0 Å². The second-order valence-corrected chi connectivity index (χ2v) is 6.54. The van der Waals surface area contributed by atoms with Crippen molar-refractivity contribution in [2.75, 3.05) is 7.05 Å². The van der Waals surface area contributed by atoms with Crippen LogP contribution in [0.5, 0.6) is 0 Å². The fourth-order valence-electron chi connectivity index (χ4n) is 3.31. The minimum absolute atomic E-state index is 0. The van der Waals surface area contributed by atoms with Crippen LogP contribution in [-0.2, 0) is 6.54 Å². The molecule has 1 heterocycles. The Bertz CT molecular complexity index is 737. The molecule has 1 aromatic carbocycles. The molecule has 2 aromatic rings. The number of imidazole rings is 1. The Labute approximate surface area is 171 Å². The number of aliphatic imine (C=N–C) groups is 1. The lowest BCUT2D eigenvalue weighted by atomic mass is 9.96. The summed E-state index contributed by atoms with van der Waals surface area (Å²) < 4.78 is 16.2. The zero-order valence-corrected chi connectivity index (χ0v) is 17.7. The van der Waals surface area contributed by atoms with Gasteiger partial charge in [-0.2, -0.15) is 0 Å². The Morgan fingerprint density at radius 3 is 2.69 bits per heavy atom. The lowest BCUT2D eigenvalue weighted by Crippen LogP contribution is -2.43. The van der Waals surface area contributed by atoms with Crippen molar-refractivity contribution in [3.05, 3.63) is 47.8 Å². The molecule has 1 aliphatic rings. The molecular formula is C19H27FIN5. The quantitative estimate of drug-likeness (QED) is 0.404. The fourth-order valence-corrected chi connectivity index (χ4v) is 3.31. The van der Waals surface area contributed by atoms with E-state index in [1.54, 1.807) is 36.1 Å². The lowest BCUT2D eigenvalue weighted by Gasteiger charge is -2.25. The summed E-state index contributed by atoms with van der Waals surface area (Å²) in [4.78, 5) is 8.42. The summed E-state index contributed by atoms with van der Waals surface area (Å²) in [5.74, 6) is 1.29. The number of aryl methyl sites for hydroxylation is 1. The summed E-state index contributed by atoms with van der Waals surface area (Å²) in [7, 11) is 1.77. The standard InChI is InChI=1S/C19H26FN5.HI/c1-14-22-10-11-25(14)18-9-8-15(12-17(18)20)13-23-19(21-2)24-16-6-4-3-5-7-16;/h8-12,16H,3-7,13H2,1-2H3,(H2,21,23,24);1H. The number of hydrogen-bond donors (Lipinski definition) is 2. The van der Waals surface area contributed by atoms with Crippen LogP contribution in [0.2, 0.25) is 0 Å². The molecule has 3 rings (SSSR count). The third-order valence-electron chi connectivity index (χ3n) is 4.73. The van der Waals surface area contributed by atoms with Crippen LogP contribution in [0.4, 0.5) is 4.39 Å². The molecule has 2 N–H and O–H groups in total. The van der Waals surface area contributed by atoms with E-state index in [4.69, 9.17) is 0 Å². The Kier molecular flexibility index (Phi) is 7.86.